The number of nitrogens with two attached hydrogens (primary N) is 1. The number of carbonyl (C=O) groups is 4. The highest BCUT2D eigenvalue weighted by Crippen LogP contribution is 2.20. The highest BCUT2D eigenvalue weighted by molar-refractivity contribution is 5.95. The molecule has 0 saturated heterocycles. The molecule has 0 aliphatic heterocycles. The summed E-state index contributed by atoms with van der Waals surface area (Å²) >= 11 is 0. The molecule has 0 radical (unpaired) electrons. The maximum absolute atomic E-state index is 13.8. The molecule has 0 aliphatic carbocycles. The molecule has 11 nitrogen and oxygen atoms in total. The largest absolute Gasteiger partial charge is 0.508 e. The first-order valence-corrected chi connectivity index (χ1v) is 14.6. The molecule has 0 bridgehead atoms. The lowest BCUT2D eigenvalue weighted by Crippen LogP contribution is -2.58. The van der Waals surface area contributed by atoms with Crippen LogP contribution in [0.1, 0.15) is 51.7 Å². The van der Waals surface area contributed by atoms with Crippen LogP contribution >= 0.6 is 0 Å². The number of aromatic amines is 1. The zero-order valence-electron chi connectivity index (χ0n) is 25.1. The van der Waals surface area contributed by atoms with Gasteiger partial charge in [0.15, 0.2) is 0 Å². The molecule has 8 N–H and O–H groups in total. The number of hydrogen-bond acceptors (Lipinski definition) is 6. The van der Waals surface area contributed by atoms with Crippen molar-refractivity contribution in [2.24, 2.45) is 17.6 Å². The van der Waals surface area contributed by atoms with E-state index in [1.54, 1.807) is 18.3 Å². The number of H-pyrrole nitrogens is 1. The van der Waals surface area contributed by atoms with E-state index in [9.17, 15) is 29.4 Å². The first-order valence-electron chi connectivity index (χ1n) is 14.6. The summed E-state index contributed by atoms with van der Waals surface area (Å²) in [7, 11) is 0. The smallest absolute Gasteiger partial charge is 0.326 e. The molecule has 1 heterocycles. The Morgan fingerprint density at radius 2 is 1.33 bits per heavy atom. The topological polar surface area (TPSA) is 187 Å². The molecule has 0 spiro atoms. The van der Waals surface area contributed by atoms with E-state index in [4.69, 9.17) is 5.73 Å². The van der Waals surface area contributed by atoms with Crippen LogP contribution in [0, 0.1) is 11.8 Å². The third-order valence-electron chi connectivity index (χ3n) is 7.12. The molecule has 3 rings (SSSR count). The monoisotopic (exact) mass is 593 g/mol. The van der Waals surface area contributed by atoms with E-state index in [1.807, 2.05) is 52.0 Å². The van der Waals surface area contributed by atoms with E-state index >= 15 is 0 Å². The number of aliphatic carboxylic acids is 1. The van der Waals surface area contributed by atoms with Crippen LogP contribution in [-0.4, -0.2) is 63.1 Å². The van der Waals surface area contributed by atoms with Gasteiger partial charge in [-0.1, -0.05) is 58.0 Å². The van der Waals surface area contributed by atoms with E-state index in [0.29, 0.717) is 12.0 Å². The lowest BCUT2D eigenvalue weighted by Gasteiger charge is -2.26. The highest BCUT2D eigenvalue weighted by Gasteiger charge is 2.31. The second-order valence-electron chi connectivity index (χ2n) is 11.8. The van der Waals surface area contributed by atoms with Crippen LogP contribution in [0.2, 0.25) is 0 Å². The van der Waals surface area contributed by atoms with Crippen molar-refractivity contribution in [2.75, 3.05) is 0 Å². The summed E-state index contributed by atoms with van der Waals surface area (Å²) in [5.41, 5.74) is 8.41. The third kappa shape index (κ3) is 9.85. The molecule has 0 fully saturated rings. The van der Waals surface area contributed by atoms with Crippen LogP contribution in [0.3, 0.4) is 0 Å². The molecule has 1 aromatic heterocycles. The Kier molecular flexibility index (Phi) is 11.7. The predicted octanol–water partition coefficient (Wildman–Crippen LogP) is 2.62. The van der Waals surface area contributed by atoms with Gasteiger partial charge in [0.05, 0.1) is 6.04 Å². The van der Waals surface area contributed by atoms with Gasteiger partial charge >= 0.3 is 5.97 Å². The zero-order chi connectivity index (χ0) is 31.7. The van der Waals surface area contributed by atoms with Crippen LogP contribution in [0.5, 0.6) is 5.75 Å². The number of phenolic OH excluding ortho intramolecular Hbond substituents is 1. The Bertz CT molecular complexity index is 1400. The molecule has 11 heteroatoms. The number of carboxylic acid groups (broad SMARTS) is 1. The van der Waals surface area contributed by atoms with Gasteiger partial charge < -0.3 is 36.9 Å². The molecule has 3 aromatic rings. The van der Waals surface area contributed by atoms with Gasteiger partial charge in [0.2, 0.25) is 17.7 Å². The van der Waals surface area contributed by atoms with E-state index in [2.05, 4.69) is 20.9 Å². The van der Waals surface area contributed by atoms with Crippen molar-refractivity contribution in [1.82, 2.24) is 20.9 Å². The number of aromatic nitrogens is 1. The number of nitrogens with one attached hydrogen (secondary N) is 4. The standard InChI is InChI=1S/C32H43N5O6/c1-18(2)13-24(33)29(39)35-27(16-21-17-34-25-8-6-5-7-23(21)25)31(41)36-26(15-20-9-11-22(38)12-10-20)30(40)37-28(32(42)43)14-19(3)4/h5-12,17-19,24,26-28,34,38H,13-16,33H2,1-4H3,(H,35,39)(H,36,41)(H,37,40)(H,42,43). The van der Waals surface area contributed by atoms with Crippen molar-refractivity contribution < 1.29 is 29.4 Å². The van der Waals surface area contributed by atoms with Crippen molar-refractivity contribution in [1.29, 1.82) is 0 Å². The summed E-state index contributed by atoms with van der Waals surface area (Å²) in [6.45, 7) is 7.58. The first kappa shape index (κ1) is 33.1. The van der Waals surface area contributed by atoms with E-state index < -0.39 is 47.9 Å². The summed E-state index contributed by atoms with van der Waals surface area (Å²) in [5, 5.41) is 28.4. The number of carbonyl (C=O) groups excluding carboxylic acids is 3. The van der Waals surface area contributed by atoms with Gasteiger partial charge in [-0.05, 0) is 54.0 Å². The summed E-state index contributed by atoms with van der Waals surface area (Å²) in [6.07, 6.45) is 2.54. The van der Waals surface area contributed by atoms with Gasteiger partial charge in [0.1, 0.15) is 23.9 Å². The minimum Gasteiger partial charge on any atom is -0.508 e. The molecule has 2 aromatic carbocycles. The predicted molar refractivity (Wildman–Crippen MR) is 164 cm³/mol. The van der Waals surface area contributed by atoms with Crippen LogP contribution in [0.15, 0.2) is 54.7 Å². The Morgan fingerprint density at radius 1 is 0.767 bits per heavy atom. The summed E-state index contributed by atoms with van der Waals surface area (Å²) in [6, 6.07) is 9.48. The number of fused-ring (bicyclic) bond motifs is 1. The van der Waals surface area contributed by atoms with Crippen molar-refractivity contribution in [3.05, 3.63) is 65.9 Å². The van der Waals surface area contributed by atoms with E-state index in [1.165, 1.54) is 12.1 Å². The highest BCUT2D eigenvalue weighted by atomic mass is 16.4. The van der Waals surface area contributed by atoms with Gasteiger partial charge in [-0.25, -0.2) is 4.79 Å². The maximum atomic E-state index is 13.8. The number of amides is 3. The zero-order valence-corrected chi connectivity index (χ0v) is 25.1. The van der Waals surface area contributed by atoms with Gasteiger partial charge in [-0.15, -0.1) is 0 Å². The molecule has 232 valence electrons. The van der Waals surface area contributed by atoms with Crippen molar-refractivity contribution in [3.63, 3.8) is 0 Å². The lowest BCUT2D eigenvalue weighted by molar-refractivity contribution is -0.142. The minimum absolute atomic E-state index is 0.00245. The second-order valence-corrected chi connectivity index (χ2v) is 11.8. The number of carboxylic acids is 1. The van der Waals surface area contributed by atoms with Crippen LogP contribution in [-0.2, 0) is 32.0 Å². The molecule has 4 unspecified atom stereocenters. The number of benzene rings is 2. The molecular weight excluding hydrogens is 550 g/mol. The van der Waals surface area contributed by atoms with Crippen molar-refractivity contribution in [2.45, 2.75) is 77.5 Å². The average Bonchev–Trinajstić information content (AvgIpc) is 3.35. The fourth-order valence-corrected chi connectivity index (χ4v) is 4.94. The normalized spacial score (nSPS) is 14.2. The number of para-hydroxylation sites is 1. The van der Waals surface area contributed by atoms with E-state index in [0.717, 1.165) is 16.5 Å². The Morgan fingerprint density at radius 3 is 1.93 bits per heavy atom. The Labute approximate surface area is 251 Å². The van der Waals surface area contributed by atoms with Gasteiger partial charge in [-0.3, -0.25) is 14.4 Å². The summed E-state index contributed by atoms with van der Waals surface area (Å²) in [5.74, 6) is -2.77. The average molecular weight is 594 g/mol. The molecule has 3 amide bonds. The Hall–Kier alpha value is -4.38. The SMILES string of the molecule is CC(C)CC(N)C(=O)NC(Cc1c[nH]c2ccccc12)C(=O)NC(Cc1ccc(O)cc1)C(=O)NC(CC(C)C)C(=O)O. The quantitative estimate of drug-likeness (QED) is 0.141. The number of aromatic hydroxyl groups is 1. The first-order chi connectivity index (χ1) is 20.3. The third-order valence-corrected chi connectivity index (χ3v) is 7.12. The van der Waals surface area contributed by atoms with Crippen molar-refractivity contribution >= 4 is 34.6 Å². The molecule has 0 aliphatic rings. The van der Waals surface area contributed by atoms with Gasteiger partial charge in [-0.2, -0.15) is 0 Å². The molecular formula is C32H43N5O6. The molecule has 4 atom stereocenters. The van der Waals surface area contributed by atoms with Crippen LogP contribution < -0.4 is 21.7 Å². The number of rotatable bonds is 15. The van der Waals surface area contributed by atoms with Crippen molar-refractivity contribution in [3.8, 4) is 5.75 Å². The van der Waals surface area contributed by atoms with Crippen LogP contribution in [0.25, 0.3) is 10.9 Å². The number of hydrogen-bond donors (Lipinski definition) is 7. The maximum Gasteiger partial charge on any atom is 0.326 e. The number of phenols is 1. The van der Waals surface area contributed by atoms with Crippen LogP contribution in [0.4, 0.5) is 0 Å². The summed E-state index contributed by atoms with van der Waals surface area (Å²) < 4.78 is 0. The molecule has 43 heavy (non-hydrogen) atoms. The minimum atomic E-state index is -1.18. The van der Waals surface area contributed by atoms with E-state index in [-0.39, 0.29) is 36.8 Å². The lowest BCUT2D eigenvalue weighted by atomic mass is 9.99. The fraction of sp³-hybridized carbons (Fsp3) is 0.438. The fourth-order valence-electron chi connectivity index (χ4n) is 4.94. The Balaban J connectivity index is 1.90. The summed E-state index contributed by atoms with van der Waals surface area (Å²) in [4.78, 5) is 55.4. The van der Waals surface area contributed by atoms with Gasteiger partial charge in [0.25, 0.3) is 0 Å². The second kappa shape index (κ2) is 15.2. The molecule has 0 saturated carbocycles. The van der Waals surface area contributed by atoms with Gasteiger partial charge in [0, 0.05) is 29.9 Å².